The number of piperazine rings is 1. The summed E-state index contributed by atoms with van der Waals surface area (Å²) in [6, 6.07) is 3.33. The van der Waals surface area contributed by atoms with E-state index in [1.165, 1.54) is 6.26 Å². The summed E-state index contributed by atoms with van der Waals surface area (Å²) < 4.78 is 5.15. The zero-order chi connectivity index (χ0) is 19.4. The van der Waals surface area contributed by atoms with Gasteiger partial charge in [0.05, 0.1) is 18.1 Å². The quantitative estimate of drug-likeness (QED) is 0.691. The largest absolute Gasteiger partial charge is 0.459 e. The Hall–Kier alpha value is -2.35. The first-order valence-electron chi connectivity index (χ1n) is 9.51. The average Bonchev–Trinajstić information content (AvgIpc) is 3.28. The highest BCUT2D eigenvalue weighted by atomic mass is 16.3. The molecule has 0 spiro atoms. The summed E-state index contributed by atoms with van der Waals surface area (Å²) in [6.07, 6.45) is 3.01. The summed E-state index contributed by atoms with van der Waals surface area (Å²) in [5, 5.41) is 2.93. The lowest BCUT2D eigenvalue weighted by atomic mass is 10.2. The van der Waals surface area contributed by atoms with Crippen LogP contribution in [-0.4, -0.2) is 85.8 Å². The van der Waals surface area contributed by atoms with Crippen LogP contribution in [0.15, 0.2) is 22.8 Å². The van der Waals surface area contributed by atoms with E-state index >= 15 is 0 Å². The molecule has 2 heterocycles. The maximum Gasteiger partial charge on any atom is 0.289 e. The first-order valence-corrected chi connectivity index (χ1v) is 9.51. The molecule has 1 aliphatic heterocycles. The molecule has 0 radical (unpaired) electrons. The Kier molecular flexibility index (Phi) is 6.15. The molecule has 8 nitrogen and oxygen atoms in total. The number of carbonyl (C=O) groups excluding carboxylic acids is 3. The van der Waals surface area contributed by atoms with Gasteiger partial charge >= 0.3 is 0 Å². The zero-order valence-corrected chi connectivity index (χ0v) is 16.0. The molecule has 3 rings (SSSR count). The van der Waals surface area contributed by atoms with Crippen molar-refractivity contribution in [3.8, 4) is 0 Å². The molecule has 3 amide bonds. The summed E-state index contributed by atoms with van der Waals surface area (Å²) in [4.78, 5) is 42.6. The molecule has 1 aromatic rings. The van der Waals surface area contributed by atoms with Crippen molar-refractivity contribution in [3.05, 3.63) is 24.2 Å². The van der Waals surface area contributed by atoms with Crippen LogP contribution in [0.2, 0.25) is 0 Å². The second-order valence-corrected chi connectivity index (χ2v) is 7.49. The topological polar surface area (TPSA) is 86.1 Å². The number of rotatable bonds is 7. The van der Waals surface area contributed by atoms with Gasteiger partial charge in [-0.25, -0.2) is 0 Å². The lowest BCUT2D eigenvalue weighted by molar-refractivity contribution is -0.136. The number of amides is 3. The Balaban J connectivity index is 1.39. The second kappa shape index (κ2) is 8.56. The smallest absolute Gasteiger partial charge is 0.289 e. The highest BCUT2D eigenvalue weighted by Gasteiger charge is 2.49. The van der Waals surface area contributed by atoms with Gasteiger partial charge in [0.1, 0.15) is 0 Å². The number of nitrogens with one attached hydrogen (secondary N) is 1. The highest BCUT2D eigenvalue weighted by molar-refractivity contribution is 5.93. The molecule has 2 atom stereocenters. The van der Waals surface area contributed by atoms with Crippen LogP contribution in [-0.2, 0) is 9.59 Å². The molecule has 148 valence electrons. The molecule has 8 heteroatoms. The summed E-state index contributed by atoms with van der Waals surface area (Å²) in [6.45, 7) is 3.53. The number of nitrogens with zero attached hydrogens (tertiary/aromatic N) is 3. The fourth-order valence-corrected chi connectivity index (χ4v) is 3.42. The van der Waals surface area contributed by atoms with Crippen LogP contribution >= 0.6 is 0 Å². The molecule has 1 saturated heterocycles. The van der Waals surface area contributed by atoms with Crippen molar-refractivity contribution in [2.45, 2.75) is 12.8 Å². The van der Waals surface area contributed by atoms with Crippen molar-refractivity contribution >= 4 is 17.7 Å². The molecule has 0 aromatic carbocycles. The molecular formula is C19H28N4O4. The van der Waals surface area contributed by atoms with Crippen LogP contribution in [0.25, 0.3) is 0 Å². The molecule has 2 unspecified atom stereocenters. The van der Waals surface area contributed by atoms with Gasteiger partial charge in [0, 0.05) is 32.7 Å². The first kappa shape index (κ1) is 19.4. The monoisotopic (exact) mass is 376 g/mol. The fourth-order valence-electron chi connectivity index (χ4n) is 3.42. The summed E-state index contributed by atoms with van der Waals surface area (Å²) in [5.41, 5.74) is 0. The van der Waals surface area contributed by atoms with Gasteiger partial charge in [-0.1, -0.05) is 0 Å². The number of hydrogen-bond donors (Lipinski definition) is 1. The van der Waals surface area contributed by atoms with Gasteiger partial charge in [-0.15, -0.1) is 0 Å². The second-order valence-electron chi connectivity index (χ2n) is 7.49. The van der Waals surface area contributed by atoms with E-state index in [2.05, 4.69) is 10.2 Å². The SMILES string of the molecule is CN(C)CCCNC(=O)C1CC1C(=O)N1CCN(C(=O)c2ccco2)CC1. The van der Waals surface area contributed by atoms with Gasteiger partial charge in [-0.05, 0) is 45.6 Å². The molecule has 2 aliphatic rings. The van der Waals surface area contributed by atoms with Crippen molar-refractivity contribution in [2.24, 2.45) is 11.8 Å². The third kappa shape index (κ3) is 4.88. The van der Waals surface area contributed by atoms with Gasteiger partial charge in [-0.2, -0.15) is 0 Å². The van der Waals surface area contributed by atoms with E-state index in [9.17, 15) is 14.4 Å². The van der Waals surface area contributed by atoms with Crippen molar-refractivity contribution < 1.29 is 18.8 Å². The molecule has 2 fully saturated rings. The normalized spacial score (nSPS) is 22.0. The third-order valence-corrected chi connectivity index (χ3v) is 5.14. The van der Waals surface area contributed by atoms with Gasteiger partial charge in [0.25, 0.3) is 5.91 Å². The maximum absolute atomic E-state index is 12.6. The van der Waals surface area contributed by atoms with Crippen LogP contribution in [0.5, 0.6) is 0 Å². The van der Waals surface area contributed by atoms with E-state index in [4.69, 9.17) is 4.42 Å². The van der Waals surface area contributed by atoms with Crippen LogP contribution in [0.4, 0.5) is 0 Å². The van der Waals surface area contributed by atoms with Gasteiger partial charge in [0.15, 0.2) is 5.76 Å². The van der Waals surface area contributed by atoms with Crippen LogP contribution in [0.3, 0.4) is 0 Å². The summed E-state index contributed by atoms with van der Waals surface area (Å²) in [5.74, 6) is -0.199. The predicted octanol–water partition coefficient (Wildman–Crippen LogP) is 0.268. The lowest BCUT2D eigenvalue weighted by Gasteiger charge is -2.34. The van der Waals surface area contributed by atoms with Gasteiger partial charge in [-0.3, -0.25) is 14.4 Å². The van der Waals surface area contributed by atoms with E-state index in [1.54, 1.807) is 21.9 Å². The summed E-state index contributed by atoms with van der Waals surface area (Å²) in [7, 11) is 4.00. The average molecular weight is 376 g/mol. The third-order valence-electron chi connectivity index (χ3n) is 5.14. The molecule has 27 heavy (non-hydrogen) atoms. The molecule has 1 aromatic heterocycles. The highest BCUT2D eigenvalue weighted by Crippen LogP contribution is 2.40. The minimum absolute atomic E-state index is 0.0151. The fraction of sp³-hybridized carbons (Fsp3) is 0.632. The molecule has 0 bridgehead atoms. The minimum Gasteiger partial charge on any atom is -0.459 e. The van der Waals surface area contributed by atoms with Crippen molar-refractivity contribution in [1.29, 1.82) is 0 Å². The number of carbonyl (C=O) groups is 3. The Labute approximate surface area is 159 Å². The lowest BCUT2D eigenvalue weighted by Crippen LogP contribution is -2.51. The molecule has 1 N–H and O–H groups in total. The van der Waals surface area contributed by atoms with Gasteiger partial charge < -0.3 is 24.4 Å². The van der Waals surface area contributed by atoms with Crippen molar-refractivity contribution in [3.63, 3.8) is 0 Å². The standard InChI is InChI=1S/C19H28N4O4/c1-21(2)7-4-6-20-17(24)14-13-15(14)18(25)22-8-10-23(11-9-22)19(26)16-5-3-12-27-16/h3,5,12,14-15H,4,6-11,13H2,1-2H3,(H,20,24). The van der Waals surface area contributed by atoms with Crippen LogP contribution in [0, 0.1) is 11.8 Å². The molecule has 1 aliphatic carbocycles. The Morgan fingerprint density at radius 1 is 1.15 bits per heavy atom. The molecular weight excluding hydrogens is 348 g/mol. The van der Waals surface area contributed by atoms with E-state index in [0.29, 0.717) is 44.9 Å². The maximum atomic E-state index is 12.6. The Morgan fingerprint density at radius 2 is 1.85 bits per heavy atom. The van der Waals surface area contributed by atoms with E-state index < -0.39 is 0 Å². The first-order chi connectivity index (χ1) is 13.0. The van der Waals surface area contributed by atoms with E-state index in [1.807, 2.05) is 14.1 Å². The molecule has 1 saturated carbocycles. The Morgan fingerprint density at radius 3 is 2.48 bits per heavy atom. The van der Waals surface area contributed by atoms with Crippen molar-refractivity contribution in [2.75, 3.05) is 53.4 Å². The van der Waals surface area contributed by atoms with Crippen LogP contribution in [0.1, 0.15) is 23.4 Å². The van der Waals surface area contributed by atoms with Crippen molar-refractivity contribution in [1.82, 2.24) is 20.0 Å². The summed E-state index contributed by atoms with van der Waals surface area (Å²) >= 11 is 0. The van der Waals surface area contributed by atoms with Crippen LogP contribution < -0.4 is 5.32 Å². The predicted molar refractivity (Wildman–Crippen MR) is 99.0 cm³/mol. The number of hydrogen-bond acceptors (Lipinski definition) is 5. The zero-order valence-electron chi connectivity index (χ0n) is 16.0. The Bertz CT molecular complexity index is 665. The number of furan rings is 1. The minimum atomic E-state index is -0.203. The van der Waals surface area contributed by atoms with Gasteiger partial charge in [0.2, 0.25) is 11.8 Å². The van der Waals surface area contributed by atoms with E-state index in [0.717, 1.165) is 13.0 Å². The van der Waals surface area contributed by atoms with E-state index in [-0.39, 0.29) is 29.6 Å².